The minimum atomic E-state index is -1.26. The smallest absolute Gasteiger partial charge is 0.317 e. The molecule has 1 fully saturated rings. The second-order valence-corrected chi connectivity index (χ2v) is 8.12. The lowest BCUT2D eigenvalue weighted by molar-refractivity contribution is -0.157. The van der Waals surface area contributed by atoms with E-state index in [2.05, 4.69) is 6.92 Å². The van der Waals surface area contributed by atoms with E-state index < -0.39 is 23.4 Å². The van der Waals surface area contributed by atoms with Crippen molar-refractivity contribution in [2.24, 2.45) is 11.8 Å². The van der Waals surface area contributed by atoms with Crippen LogP contribution in [0.1, 0.15) is 65.7 Å². The van der Waals surface area contributed by atoms with Crippen LogP contribution in [0, 0.1) is 11.8 Å². The van der Waals surface area contributed by atoms with Gasteiger partial charge in [0.15, 0.2) is 5.60 Å². The van der Waals surface area contributed by atoms with Crippen molar-refractivity contribution in [3.63, 3.8) is 0 Å². The molecule has 3 rings (SSSR count). The predicted molar refractivity (Wildman–Crippen MR) is 105 cm³/mol. The van der Waals surface area contributed by atoms with E-state index >= 15 is 0 Å². The van der Waals surface area contributed by atoms with Gasteiger partial charge in [-0.1, -0.05) is 38.7 Å². The van der Waals surface area contributed by atoms with Crippen LogP contribution in [0.15, 0.2) is 35.1 Å². The zero-order valence-electron chi connectivity index (χ0n) is 17.1. The van der Waals surface area contributed by atoms with Gasteiger partial charge < -0.3 is 9.47 Å². The number of hydrogen-bond acceptors (Lipinski definition) is 5. The van der Waals surface area contributed by atoms with E-state index in [1.165, 1.54) is 0 Å². The number of hydrogen-bond donors (Lipinski definition) is 0. The van der Waals surface area contributed by atoms with Crippen molar-refractivity contribution >= 4 is 17.5 Å². The average Bonchev–Trinajstić information content (AvgIpc) is 2.92. The molecular weight excluding hydrogens is 356 g/mol. The topological polar surface area (TPSA) is 69.7 Å². The van der Waals surface area contributed by atoms with E-state index in [0.29, 0.717) is 24.2 Å². The Kier molecular flexibility index (Phi) is 6.21. The van der Waals surface area contributed by atoms with E-state index in [9.17, 15) is 14.4 Å². The second kappa shape index (κ2) is 8.46. The van der Waals surface area contributed by atoms with Crippen molar-refractivity contribution in [2.75, 3.05) is 6.61 Å². The fourth-order valence-electron chi connectivity index (χ4n) is 4.51. The molecule has 2 aliphatic heterocycles. The Bertz CT molecular complexity index is 757. The highest BCUT2D eigenvalue weighted by Crippen LogP contribution is 2.48. The van der Waals surface area contributed by atoms with Crippen molar-refractivity contribution in [1.29, 1.82) is 0 Å². The molecule has 1 saturated heterocycles. The van der Waals surface area contributed by atoms with E-state index in [4.69, 9.17) is 9.47 Å². The summed E-state index contributed by atoms with van der Waals surface area (Å²) >= 11 is 0. The molecule has 2 heterocycles. The number of carbonyl (C=O) groups excluding carboxylic acids is 3. The number of ketones is 2. The highest BCUT2D eigenvalue weighted by Gasteiger charge is 2.61. The standard InChI is InChI=1S/C23H30O5/c1-4-6-7-8-9-11-19(24)20-18-13-15-12-16(10-5-2)27-14-17(15)21(25)23(18,3)28-22(20)26/h5,10,12,18,20H,4,6-9,11,13-14H2,1-3H3/b10-5+/t18-,20+,23+/m0/s1. The van der Waals surface area contributed by atoms with Gasteiger partial charge in [-0.25, -0.2) is 0 Å². The van der Waals surface area contributed by atoms with Crippen LogP contribution < -0.4 is 0 Å². The Morgan fingerprint density at radius 1 is 1.25 bits per heavy atom. The lowest BCUT2D eigenvalue weighted by atomic mass is 9.67. The van der Waals surface area contributed by atoms with Crippen LogP contribution >= 0.6 is 0 Å². The molecule has 3 aliphatic rings. The summed E-state index contributed by atoms with van der Waals surface area (Å²) in [4.78, 5) is 38.5. The summed E-state index contributed by atoms with van der Waals surface area (Å²) in [5, 5.41) is 0. The summed E-state index contributed by atoms with van der Waals surface area (Å²) in [6.45, 7) is 5.88. The summed E-state index contributed by atoms with van der Waals surface area (Å²) < 4.78 is 11.2. The van der Waals surface area contributed by atoms with Gasteiger partial charge in [0.25, 0.3) is 0 Å². The maximum absolute atomic E-state index is 13.1. The van der Waals surface area contributed by atoms with Gasteiger partial charge in [0.05, 0.1) is 0 Å². The molecule has 0 unspecified atom stereocenters. The Morgan fingerprint density at radius 2 is 2.00 bits per heavy atom. The first-order chi connectivity index (χ1) is 13.4. The summed E-state index contributed by atoms with van der Waals surface area (Å²) in [6, 6.07) is 0. The quantitative estimate of drug-likeness (QED) is 0.355. The van der Waals surface area contributed by atoms with E-state index in [-0.39, 0.29) is 18.2 Å². The largest absolute Gasteiger partial charge is 0.489 e. The Hall–Kier alpha value is -2.17. The van der Waals surface area contributed by atoms with Gasteiger partial charge in [0, 0.05) is 17.9 Å². The Balaban J connectivity index is 1.78. The van der Waals surface area contributed by atoms with Crippen LogP contribution in [-0.4, -0.2) is 29.7 Å². The molecular formula is C23H30O5. The third-order valence-corrected chi connectivity index (χ3v) is 6.13. The predicted octanol–water partition coefficient (Wildman–Crippen LogP) is 4.22. The normalized spacial score (nSPS) is 29.3. The van der Waals surface area contributed by atoms with Crippen molar-refractivity contribution in [1.82, 2.24) is 0 Å². The number of carbonyl (C=O) groups is 3. The molecule has 0 amide bonds. The van der Waals surface area contributed by atoms with Crippen LogP contribution in [-0.2, 0) is 23.9 Å². The number of esters is 1. The maximum atomic E-state index is 13.1. The van der Waals surface area contributed by atoms with Gasteiger partial charge in [-0.15, -0.1) is 0 Å². The molecule has 28 heavy (non-hydrogen) atoms. The Morgan fingerprint density at radius 3 is 2.71 bits per heavy atom. The van der Waals surface area contributed by atoms with Gasteiger partial charge >= 0.3 is 5.97 Å². The summed E-state index contributed by atoms with van der Waals surface area (Å²) in [5.41, 5.74) is 0.173. The summed E-state index contributed by atoms with van der Waals surface area (Å²) in [6.07, 6.45) is 11.6. The van der Waals surface area contributed by atoms with Crippen molar-refractivity contribution in [3.8, 4) is 0 Å². The molecule has 5 heteroatoms. The first kappa shape index (κ1) is 20.6. The molecule has 5 nitrogen and oxygen atoms in total. The Labute approximate surface area is 166 Å². The highest BCUT2D eigenvalue weighted by molar-refractivity contribution is 6.10. The molecule has 0 saturated carbocycles. The summed E-state index contributed by atoms with van der Waals surface area (Å²) in [7, 11) is 0. The maximum Gasteiger partial charge on any atom is 0.317 e. The fourth-order valence-corrected chi connectivity index (χ4v) is 4.51. The fraction of sp³-hybridized carbons (Fsp3) is 0.609. The molecule has 0 aromatic heterocycles. The van der Waals surface area contributed by atoms with Crippen molar-refractivity contribution in [2.45, 2.75) is 71.3 Å². The van der Waals surface area contributed by atoms with E-state index in [1.807, 2.05) is 25.2 Å². The number of ether oxygens (including phenoxy) is 2. The minimum Gasteiger partial charge on any atom is -0.489 e. The molecule has 1 aliphatic carbocycles. The second-order valence-electron chi connectivity index (χ2n) is 8.12. The number of allylic oxidation sites excluding steroid dienone is 4. The minimum absolute atomic E-state index is 0.0863. The molecule has 0 bridgehead atoms. The van der Waals surface area contributed by atoms with Gasteiger partial charge in [-0.05, 0) is 44.4 Å². The van der Waals surface area contributed by atoms with Crippen molar-refractivity contribution < 1.29 is 23.9 Å². The zero-order valence-corrected chi connectivity index (χ0v) is 17.1. The number of rotatable bonds is 8. The lowest BCUT2D eigenvalue weighted by Crippen LogP contribution is -2.48. The molecule has 3 atom stereocenters. The van der Waals surface area contributed by atoms with E-state index in [0.717, 1.165) is 37.7 Å². The number of unbranched alkanes of at least 4 members (excludes halogenated alkanes) is 4. The van der Waals surface area contributed by atoms with Crippen LogP contribution in [0.5, 0.6) is 0 Å². The van der Waals surface area contributed by atoms with Gasteiger partial charge in [-0.3, -0.25) is 14.4 Å². The third kappa shape index (κ3) is 3.71. The van der Waals surface area contributed by atoms with Crippen molar-refractivity contribution in [3.05, 3.63) is 35.1 Å². The van der Waals surface area contributed by atoms with E-state index in [1.54, 1.807) is 6.92 Å². The first-order valence-electron chi connectivity index (χ1n) is 10.4. The molecule has 0 radical (unpaired) electrons. The molecule has 0 N–H and O–H groups in total. The van der Waals surface area contributed by atoms with Gasteiger partial charge in [0.1, 0.15) is 24.1 Å². The number of Topliss-reactive ketones (excluding diaryl/α,β-unsaturated/α-hetero) is 2. The summed E-state index contributed by atoms with van der Waals surface area (Å²) in [5.74, 6) is -1.43. The SMILES string of the molecule is C/C=C/C1=CC2=C(CO1)C(=O)[C@]1(C)OC(=O)[C@@H](C(=O)CCCCCCC)[C@@H]1C2. The van der Waals surface area contributed by atoms with Gasteiger partial charge in [-0.2, -0.15) is 0 Å². The molecule has 0 aromatic rings. The van der Waals surface area contributed by atoms with Crippen LogP contribution in [0.4, 0.5) is 0 Å². The average molecular weight is 386 g/mol. The third-order valence-electron chi connectivity index (χ3n) is 6.13. The molecule has 152 valence electrons. The van der Waals surface area contributed by atoms with Gasteiger partial charge in [0.2, 0.25) is 5.78 Å². The number of fused-ring (bicyclic) bond motifs is 1. The first-order valence-corrected chi connectivity index (χ1v) is 10.4. The van der Waals surface area contributed by atoms with Crippen LogP contribution in [0.25, 0.3) is 0 Å². The monoisotopic (exact) mass is 386 g/mol. The zero-order chi connectivity index (χ0) is 20.3. The van der Waals surface area contributed by atoms with Crippen LogP contribution in [0.3, 0.4) is 0 Å². The van der Waals surface area contributed by atoms with Crippen LogP contribution in [0.2, 0.25) is 0 Å². The lowest BCUT2D eigenvalue weighted by Gasteiger charge is -2.37. The molecule has 0 spiro atoms. The molecule has 0 aromatic carbocycles. The highest BCUT2D eigenvalue weighted by atomic mass is 16.6.